The fraction of sp³-hybridized carbons (Fsp3) is 0.724. The maximum atomic E-state index is 12.2. The first-order chi connectivity index (χ1) is 16.9. The number of esters is 1. The highest BCUT2D eigenvalue weighted by Gasteiger charge is 2.36. The van der Waals surface area contributed by atoms with Crippen LogP contribution in [0.4, 0.5) is 4.79 Å². The van der Waals surface area contributed by atoms with Crippen molar-refractivity contribution < 1.29 is 33.6 Å². The third-order valence-electron chi connectivity index (χ3n) is 4.42. The highest BCUT2D eigenvalue weighted by atomic mass is 16.6. The van der Waals surface area contributed by atoms with Crippen LogP contribution in [0.25, 0.3) is 0 Å². The molecule has 0 aromatic rings. The van der Waals surface area contributed by atoms with Crippen LogP contribution in [0.3, 0.4) is 0 Å². The lowest BCUT2D eigenvalue weighted by Gasteiger charge is -2.27. The van der Waals surface area contributed by atoms with Gasteiger partial charge in [-0.3, -0.25) is 4.79 Å². The summed E-state index contributed by atoms with van der Waals surface area (Å²) in [7, 11) is 3.17. The van der Waals surface area contributed by atoms with Gasteiger partial charge in [-0.15, -0.1) is 6.58 Å². The van der Waals surface area contributed by atoms with E-state index in [4.69, 9.17) is 14.2 Å². The maximum Gasteiger partial charge on any atom is 0.408 e. The summed E-state index contributed by atoms with van der Waals surface area (Å²) < 4.78 is 20.4. The van der Waals surface area contributed by atoms with Gasteiger partial charge in [0.15, 0.2) is 0 Å². The number of ether oxygens (including phenoxy) is 4. The van der Waals surface area contributed by atoms with Gasteiger partial charge in [-0.2, -0.15) is 0 Å². The molecule has 0 heterocycles. The Morgan fingerprint density at radius 2 is 1.51 bits per heavy atom. The molecule has 8 heteroatoms. The van der Waals surface area contributed by atoms with E-state index in [1.165, 1.54) is 12.7 Å². The molecule has 218 valence electrons. The second-order valence-corrected chi connectivity index (χ2v) is 10.6. The molecule has 0 rings (SSSR count). The lowest BCUT2D eigenvalue weighted by Crippen LogP contribution is -2.40. The number of hydrogen-bond acceptors (Lipinski definition) is 7. The zero-order chi connectivity index (χ0) is 29.8. The van der Waals surface area contributed by atoms with Gasteiger partial charge in [-0.25, -0.2) is 4.79 Å². The molecule has 0 radical (unpaired) electrons. The molecule has 0 bridgehead atoms. The van der Waals surface area contributed by atoms with Crippen LogP contribution in [0.15, 0.2) is 36.1 Å². The molecule has 0 fully saturated rings. The van der Waals surface area contributed by atoms with Crippen LogP contribution in [0, 0.1) is 11.3 Å². The standard InChI is InChI=1S/C22H39NO6.C4H8.C3H8O/c1-10-28-19(25)22(8,14-24)13-17(27-9)12-16(4)18(11-15(2)3)23-20(26)29-21(5,6)7;1-4(2)3;1-3-4-2/h12,15,18,24H,4,10-11,13-14H2,1-3,5-9H3,(H,23,26);1H2,2-3H3;3H2,1-2H3/b17-12-;;. The molecule has 2 N–H and O–H groups in total. The predicted molar refractivity (Wildman–Crippen MR) is 151 cm³/mol. The number of carbonyl (C=O) groups is 2. The van der Waals surface area contributed by atoms with Gasteiger partial charge in [0.25, 0.3) is 0 Å². The van der Waals surface area contributed by atoms with Gasteiger partial charge in [0, 0.05) is 20.1 Å². The van der Waals surface area contributed by atoms with Crippen LogP contribution in [0.1, 0.15) is 82.1 Å². The molecule has 2 unspecified atom stereocenters. The molecule has 0 saturated heterocycles. The molecule has 0 saturated carbocycles. The molecular formula is C29H55NO7. The van der Waals surface area contributed by atoms with Crippen molar-refractivity contribution in [2.75, 3.05) is 34.0 Å². The van der Waals surface area contributed by atoms with Gasteiger partial charge in [-0.1, -0.05) is 26.0 Å². The fourth-order valence-electron chi connectivity index (χ4n) is 2.60. The van der Waals surface area contributed by atoms with Crippen molar-refractivity contribution in [3.63, 3.8) is 0 Å². The zero-order valence-electron chi connectivity index (χ0n) is 25.6. The molecule has 37 heavy (non-hydrogen) atoms. The van der Waals surface area contributed by atoms with Crippen molar-refractivity contribution >= 4 is 12.1 Å². The van der Waals surface area contributed by atoms with E-state index in [2.05, 4.69) is 23.2 Å². The normalized spacial score (nSPS) is 13.5. The number of alkyl carbamates (subject to hydrolysis) is 1. The largest absolute Gasteiger partial charge is 0.501 e. The number of allylic oxidation sites excluding steroid dienone is 2. The molecular weight excluding hydrogens is 474 g/mol. The van der Waals surface area contributed by atoms with Crippen LogP contribution in [-0.2, 0) is 23.7 Å². The second kappa shape index (κ2) is 20.7. The van der Waals surface area contributed by atoms with Crippen LogP contribution in [0.2, 0.25) is 0 Å². The molecule has 0 aliphatic rings. The maximum absolute atomic E-state index is 12.2. The minimum absolute atomic E-state index is 0.138. The monoisotopic (exact) mass is 529 g/mol. The number of rotatable bonds is 12. The predicted octanol–water partition coefficient (Wildman–Crippen LogP) is 6.20. The summed E-state index contributed by atoms with van der Waals surface area (Å²) in [5.74, 6) is 0.259. The van der Waals surface area contributed by atoms with Crippen molar-refractivity contribution in [3.05, 3.63) is 36.1 Å². The smallest absolute Gasteiger partial charge is 0.408 e. The quantitative estimate of drug-likeness (QED) is 0.134. The summed E-state index contributed by atoms with van der Waals surface area (Å²) in [6, 6.07) is -0.363. The third-order valence-corrected chi connectivity index (χ3v) is 4.42. The first kappa shape index (κ1) is 39.2. The van der Waals surface area contributed by atoms with Gasteiger partial charge >= 0.3 is 12.1 Å². The summed E-state index contributed by atoms with van der Waals surface area (Å²) in [6.07, 6.45) is 1.96. The Morgan fingerprint density at radius 1 is 1.03 bits per heavy atom. The van der Waals surface area contributed by atoms with Crippen LogP contribution < -0.4 is 5.32 Å². The minimum Gasteiger partial charge on any atom is -0.501 e. The third kappa shape index (κ3) is 22.6. The van der Waals surface area contributed by atoms with Gasteiger partial charge in [0.1, 0.15) is 5.60 Å². The van der Waals surface area contributed by atoms with E-state index in [0.29, 0.717) is 23.7 Å². The van der Waals surface area contributed by atoms with Gasteiger partial charge in [-0.05, 0) is 79.4 Å². The Labute approximate surface area is 226 Å². The van der Waals surface area contributed by atoms with Crippen LogP contribution in [0.5, 0.6) is 0 Å². The van der Waals surface area contributed by atoms with Crippen molar-refractivity contribution in [3.8, 4) is 0 Å². The Morgan fingerprint density at radius 3 is 1.84 bits per heavy atom. The van der Waals surface area contributed by atoms with Crippen molar-refractivity contribution in [2.24, 2.45) is 11.3 Å². The highest BCUT2D eigenvalue weighted by Crippen LogP contribution is 2.29. The lowest BCUT2D eigenvalue weighted by molar-refractivity contribution is -0.157. The molecule has 0 aliphatic heterocycles. The number of aliphatic hydroxyl groups excluding tert-OH is 1. The van der Waals surface area contributed by atoms with Crippen LogP contribution >= 0.6 is 0 Å². The van der Waals surface area contributed by atoms with Crippen LogP contribution in [-0.4, -0.2) is 62.9 Å². The second-order valence-electron chi connectivity index (χ2n) is 10.6. The Bertz CT molecular complexity index is 702. The SMILES string of the molecule is C=C(/C=C(/CC(C)(CO)C(=O)OCC)OC)C(CC(C)C)NC(=O)OC(C)(C)C.C=C(C)C.CCOC. The average Bonchev–Trinajstić information content (AvgIpc) is 2.76. The van der Waals surface area contributed by atoms with Gasteiger partial charge in [0.05, 0.1) is 37.5 Å². The molecule has 0 aromatic heterocycles. The molecule has 0 aromatic carbocycles. The molecule has 0 spiro atoms. The first-order valence-electron chi connectivity index (χ1n) is 12.7. The van der Waals surface area contributed by atoms with E-state index in [-0.39, 0.29) is 25.7 Å². The summed E-state index contributed by atoms with van der Waals surface area (Å²) in [6.45, 7) is 27.0. The van der Waals surface area contributed by atoms with E-state index < -0.39 is 23.1 Å². The Kier molecular flexibility index (Phi) is 21.9. The van der Waals surface area contributed by atoms with E-state index >= 15 is 0 Å². The van der Waals surface area contributed by atoms with E-state index in [9.17, 15) is 14.7 Å². The number of carbonyl (C=O) groups excluding carboxylic acids is 2. The van der Waals surface area contributed by atoms with Gasteiger partial charge < -0.3 is 29.4 Å². The zero-order valence-corrected chi connectivity index (χ0v) is 25.6. The molecule has 0 aliphatic carbocycles. The Balaban J connectivity index is -0.00000125. The lowest BCUT2D eigenvalue weighted by atomic mass is 9.86. The summed E-state index contributed by atoms with van der Waals surface area (Å²) in [4.78, 5) is 24.5. The molecule has 1 amide bonds. The first-order valence-corrected chi connectivity index (χ1v) is 12.7. The Hall–Kier alpha value is -2.32. The average molecular weight is 530 g/mol. The molecule has 8 nitrogen and oxygen atoms in total. The number of amides is 1. The van der Waals surface area contributed by atoms with E-state index in [1.807, 2.05) is 34.6 Å². The highest BCUT2D eigenvalue weighted by molar-refractivity contribution is 5.77. The topological polar surface area (TPSA) is 103 Å². The number of hydrogen-bond donors (Lipinski definition) is 2. The minimum atomic E-state index is -1.13. The van der Waals surface area contributed by atoms with Crippen molar-refractivity contribution in [1.82, 2.24) is 5.32 Å². The van der Waals surface area contributed by atoms with E-state index in [0.717, 1.165) is 6.61 Å². The summed E-state index contributed by atoms with van der Waals surface area (Å²) in [5.41, 5.74) is 0.0410. The van der Waals surface area contributed by atoms with E-state index in [1.54, 1.807) is 47.8 Å². The van der Waals surface area contributed by atoms with Gasteiger partial charge in [0.2, 0.25) is 0 Å². The number of nitrogens with one attached hydrogen (secondary N) is 1. The summed E-state index contributed by atoms with van der Waals surface area (Å²) >= 11 is 0. The summed E-state index contributed by atoms with van der Waals surface area (Å²) in [5, 5.41) is 12.6. The fourth-order valence-corrected chi connectivity index (χ4v) is 2.60. The number of methoxy groups -OCH3 is 2. The van der Waals surface area contributed by atoms with Crippen molar-refractivity contribution in [1.29, 1.82) is 0 Å². The molecule has 2 atom stereocenters. The number of aliphatic hydroxyl groups is 1. The van der Waals surface area contributed by atoms with Crippen molar-refractivity contribution in [2.45, 2.75) is 93.7 Å².